The van der Waals surface area contributed by atoms with Crippen LogP contribution >= 0.6 is 0 Å². The Morgan fingerprint density at radius 2 is 0.972 bits per heavy atom. The van der Waals surface area contributed by atoms with Crippen LogP contribution in [0.1, 0.15) is 61.8 Å². The van der Waals surface area contributed by atoms with Gasteiger partial charge in [-0.25, -0.2) is 0 Å². The van der Waals surface area contributed by atoms with E-state index < -0.39 is 0 Å². The van der Waals surface area contributed by atoms with E-state index in [1.54, 1.807) is 0 Å². The summed E-state index contributed by atoms with van der Waals surface area (Å²) < 4.78 is 11.4. The highest BCUT2D eigenvalue weighted by Crippen LogP contribution is 2.24. The zero-order chi connectivity index (χ0) is 25.6. The molecule has 0 bridgehead atoms. The van der Waals surface area contributed by atoms with E-state index >= 15 is 0 Å². The van der Waals surface area contributed by atoms with E-state index in [9.17, 15) is 10.5 Å². The second kappa shape index (κ2) is 14.2. The molecule has 0 saturated carbocycles. The fraction of sp³-hybridized carbons (Fsp3) is 0.250. The molecule has 3 rings (SSSR count). The zero-order valence-corrected chi connectivity index (χ0v) is 21.0. The summed E-state index contributed by atoms with van der Waals surface area (Å²) in [5, 5.41) is 19.5. The van der Waals surface area contributed by atoms with Crippen molar-refractivity contribution in [3.05, 3.63) is 95.1 Å². The van der Waals surface area contributed by atoms with Crippen molar-refractivity contribution < 1.29 is 9.47 Å². The van der Waals surface area contributed by atoms with Gasteiger partial charge in [0.2, 0.25) is 0 Å². The number of ether oxygens (including phenoxy) is 2. The average molecular weight is 477 g/mol. The van der Waals surface area contributed by atoms with E-state index in [0.717, 1.165) is 59.4 Å². The lowest BCUT2D eigenvalue weighted by atomic mass is 9.99. The zero-order valence-electron chi connectivity index (χ0n) is 21.0. The molecular weight excluding hydrogens is 444 g/mol. The molecule has 0 aliphatic heterocycles. The Bertz CT molecular complexity index is 1140. The number of benzene rings is 3. The molecule has 0 radical (unpaired) electrons. The van der Waals surface area contributed by atoms with E-state index in [-0.39, 0.29) is 0 Å². The van der Waals surface area contributed by atoms with E-state index in [1.165, 1.54) is 0 Å². The number of allylic oxidation sites excluding steroid dienone is 2. The van der Waals surface area contributed by atoms with Gasteiger partial charge < -0.3 is 9.47 Å². The van der Waals surface area contributed by atoms with Gasteiger partial charge in [-0.1, -0.05) is 75.2 Å². The monoisotopic (exact) mass is 476 g/mol. The van der Waals surface area contributed by atoms with Crippen molar-refractivity contribution in [2.45, 2.75) is 39.5 Å². The Morgan fingerprint density at radius 1 is 0.611 bits per heavy atom. The smallest absolute Gasteiger partial charge is 0.119 e. The third-order valence-electron chi connectivity index (χ3n) is 5.66. The summed E-state index contributed by atoms with van der Waals surface area (Å²) in [5.41, 5.74) is 4.58. The van der Waals surface area contributed by atoms with Crippen LogP contribution < -0.4 is 9.47 Å². The Kier molecular flexibility index (Phi) is 10.4. The van der Waals surface area contributed by atoms with Crippen LogP contribution in [0.15, 0.2) is 72.8 Å². The standard InChI is InChI=1S/C32H32N2O2/c1-3-5-19-35-31-15-7-25(8-16-31)21-29(23-33)27-11-13-28(14-12-27)30(24-34)22-26-9-17-32(18-10-26)36-20-6-4-2/h7-18,21-22H,3-6,19-20H2,1-2H3/b29-21+,30-22+. The molecule has 0 aliphatic rings. The van der Waals surface area contributed by atoms with Crippen LogP contribution in [-0.4, -0.2) is 13.2 Å². The second-order valence-corrected chi connectivity index (χ2v) is 8.46. The molecule has 0 fully saturated rings. The van der Waals surface area contributed by atoms with E-state index in [0.29, 0.717) is 24.4 Å². The van der Waals surface area contributed by atoms with Crippen molar-refractivity contribution in [1.82, 2.24) is 0 Å². The van der Waals surface area contributed by atoms with E-state index in [4.69, 9.17) is 9.47 Å². The van der Waals surface area contributed by atoms with Crippen LogP contribution in [0.2, 0.25) is 0 Å². The molecule has 4 heteroatoms. The molecule has 0 amide bonds. The topological polar surface area (TPSA) is 66.0 Å². The minimum absolute atomic E-state index is 0.558. The number of hydrogen-bond donors (Lipinski definition) is 0. The molecule has 0 saturated heterocycles. The second-order valence-electron chi connectivity index (χ2n) is 8.46. The van der Waals surface area contributed by atoms with Gasteiger partial charge in [0.25, 0.3) is 0 Å². The largest absolute Gasteiger partial charge is 0.494 e. The molecule has 0 unspecified atom stereocenters. The molecule has 0 heterocycles. The maximum Gasteiger partial charge on any atom is 0.119 e. The van der Waals surface area contributed by atoms with Gasteiger partial charge in [0.15, 0.2) is 0 Å². The molecule has 3 aromatic carbocycles. The predicted octanol–water partition coefficient (Wildman–Crippen LogP) is 8.17. The normalized spacial score (nSPS) is 11.4. The molecule has 36 heavy (non-hydrogen) atoms. The molecular formula is C32H32N2O2. The number of nitrogens with zero attached hydrogens (tertiary/aromatic N) is 2. The van der Waals surface area contributed by atoms with Crippen LogP contribution in [0.25, 0.3) is 23.3 Å². The van der Waals surface area contributed by atoms with Gasteiger partial charge in [0.05, 0.1) is 36.5 Å². The van der Waals surface area contributed by atoms with Gasteiger partial charge in [-0.2, -0.15) is 10.5 Å². The van der Waals surface area contributed by atoms with E-state index in [2.05, 4.69) is 26.0 Å². The highest BCUT2D eigenvalue weighted by atomic mass is 16.5. The summed E-state index contributed by atoms with van der Waals surface area (Å²) >= 11 is 0. The molecule has 0 spiro atoms. The SMILES string of the molecule is CCCCOc1ccc(/C=C(\C#N)c2ccc(/C(C#N)=C/c3ccc(OCCCC)cc3)cc2)cc1. The van der Waals surface area contributed by atoms with E-state index in [1.807, 2.05) is 84.9 Å². The third-order valence-corrected chi connectivity index (χ3v) is 5.66. The first-order valence-corrected chi connectivity index (χ1v) is 12.5. The van der Waals surface area contributed by atoms with Crippen molar-refractivity contribution in [2.24, 2.45) is 0 Å². The van der Waals surface area contributed by atoms with Crippen LogP contribution in [0.5, 0.6) is 11.5 Å². The summed E-state index contributed by atoms with van der Waals surface area (Å²) in [6.07, 6.45) is 7.96. The summed E-state index contributed by atoms with van der Waals surface area (Å²) in [6.45, 7) is 5.68. The van der Waals surface area contributed by atoms with Crippen molar-refractivity contribution in [3.63, 3.8) is 0 Å². The third kappa shape index (κ3) is 7.90. The first-order valence-electron chi connectivity index (χ1n) is 12.5. The van der Waals surface area contributed by atoms with Crippen LogP contribution in [0.3, 0.4) is 0 Å². The number of rotatable bonds is 12. The Labute approximate surface area is 214 Å². The lowest BCUT2D eigenvalue weighted by molar-refractivity contribution is 0.309. The van der Waals surface area contributed by atoms with Crippen molar-refractivity contribution in [1.29, 1.82) is 10.5 Å². The minimum atomic E-state index is 0.558. The van der Waals surface area contributed by atoms with Crippen molar-refractivity contribution >= 4 is 23.3 Å². The molecule has 0 N–H and O–H groups in total. The molecule has 0 atom stereocenters. The predicted molar refractivity (Wildman–Crippen MR) is 147 cm³/mol. The summed E-state index contributed by atoms with van der Waals surface area (Å²) in [6, 6.07) is 27.6. The van der Waals surface area contributed by atoms with Crippen LogP contribution in [-0.2, 0) is 0 Å². The van der Waals surface area contributed by atoms with Gasteiger partial charge >= 0.3 is 0 Å². The van der Waals surface area contributed by atoms with Gasteiger partial charge in [-0.05, 0) is 71.5 Å². The average Bonchev–Trinajstić information content (AvgIpc) is 2.92. The molecule has 4 nitrogen and oxygen atoms in total. The van der Waals surface area contributed by atoms with Crippen LogP contribution in [0.4, 0.5) is 0 Å². The van der Waals surface area contributed by atoms with Gasteiger partial charge in [-0.3, -0.25) is 0 Å². The molecule has 182 valence electrons. The highest BCUT2D eigenvalue weighted by molar-refractivity contribution is 5.92. The summed E-state index contributed by atoms with van der Waals surface area (Å²) in [4.78, 5) is 0. The first-order chi connectivity index (χ1) is 17.7. The minimum Gasteiger partial charge on any atom is -0.494 e. The van der Waals surface area contributed by atoms with Gasteiger partial charge in [0, 0.05) is 0 Å². The lowest BCUT2D eigenvalue weighted by Crippen LogP contribution is -1.96. The summed E-state index contributed by atoms with van der Waals surface area (Å²) in [5.74, 6) is 1.66. The highest BCUT2D eigenvalue weighted by Gasteiger charge is 2.06. The molecule has 0 aromatic heterocycles. The Morgan fingerprint density at radius 3 is 1.28 bits per heavy atom. The maximum atomic E-state index is 9.73. The number of hydrogen-bond acceptors (Lipinski definition) is 4. The lowest BCUT2D eigenvalue weighted by Gasteiger charge is -2.06. The molecule has 3 aromatic rings. The Hall–Kier alpha value is -4.28. The van der Waals surface area contributed by atoms with Gasteiger partial charge in [0.1, 0.15) is 11.5 Å². The van der Waals surface area contributed by atoms with Crippen molar-refractivity contribution in [2.75, 3.05) is 13.2 Å². The van der Waals surface area contributed by atoms with Crippen molar-refractivity contribution in [3.8, 4) is 23.6 Å². The fourth-order valence-electron chi connectivity index (χ4n) is 3.51. The maximum absolute atomic E-state index is 9.73. The van der Waals surface area contributed by atoms with Gasteiger partial charge in [-0.15, -0.1) is 0 Å². The first kappa shape index (κ1) is 26.3. The summed E-state index contributed by atoms with van der Waals surface area (Å²) in [7, 11) is 0. The molecule has 0 aliphatic carbocycles. The quantitative estimate of drug-likeness (QED) is 0.150. The number of unbranched alkanes of at least 4 members (excludes halogenated alkanes) is 2. The van der Waals surface area contributed by atoms with Crippen LogP contribution in [0, 0.1) is 22.7 Å². The number of nitriles is 2. The Balaban J connectivity index is 1.71. The fourth-order valence-corrected chi connectivity index (χ4v) is 3.51.